The van der Waals surface area contributed by atoms with Gasteiger partial charge in [-0.15, -0.1) is 0 Å². The number of ether oxygens (including phenoxy) is 2. The molecule has 1 heterocycles. The zero-order valence-electron chi connectivity index (χ0n) is 11.8. The van der Waals surface area contributed by atoms with Crippen molar-refractivity contribution in [1.29, 1.82) is 5.26 Å². The van der Waals surface area contributed by atoms with Gasteiger partial charge in [-0.1, -0.05) is 0 Å². The van der Waals surface area contributed by atoms with Gasteiger partial charge in [-0.05, 0) is 50.5 Å². The van der Waals surface area contributed by atoms with Crippen LogP contribution < -0.4 is 5.32 Å². The zero-order valence-corrected chi connectivity index (χ0v) is 11.8. The number of nitriles is 1. The molecule has 1 saturated heterocycles. The molecule has 1 N–H and O–H groups in total. The highest BCUT2D eigenvalue weighted by atomic mass is 16.6. The lowest BCUT2D eigenvalue weighted by Crippen LogP contribution is -2.66. The van der Waals surface area contributed by atoms with E-state index in [1.54, 1.807) is 0 Å². The van der Waals surface area contributed by atoms with Crippen molar-refractivity contribution < 1.29 is 9.47 Å². The molecule has 1 aliphatic heterocycles. The zero-order chi connectivity index (χ0) is 14.0. The third-order valence-electron chi connectivity index (χ3n) is 4.39. The van der Waals surface area contributed by atoms with E-state index in [-0.39, 0.29) is 11.7 Å². The molecule has 2 fully saturated rings. The predicted octanol–water partition coefficient (Wildman–Crippen LogP) is 2.70. The Morgan fingerprint density at radius 3 is 2.85 bits per heavy atom. The summed E-state index contributed by atoms with van der Waals surface area (Å²) in [6, 6.07) is 10.0. The number of nitrogens with one attached hydrogen (secondary N) is 1. The molecule has 106 valence electrons. The minimum atomic E-state index is -0.149. The van der Waals surface area contributed by atoms with Crippen molar-refractivity contribution in [1.82, 2.24) is 0 Å². The van der Waals surface area contributed by atoms with Crippen LogP contribution >= 0.6 is 0 Å². The highest BCUT2D eigenvalue weighted by Crippen LogP contribution is 2.46. The van der Waals surface area contributed by atoms with Gasteiger partial charge in [-0.3, -0.25) is 0 Å². The van der Waals surface area contributed by atoms with Crippen LogP contribution in [0.1, 0.15) is 31.7 Å². The first kappa shape index (κ1) is 13.4. The molecule has 4 nitrogen and oxygen atoms in total. The molecule has 0 unspecified atom stereocenters. The van der Waals surface area contributed by atoms with Gasteiger partial charge in [0.05, 0.1) is 23.8 Å². The van der Waals surface area contributed by atoms with Gasteiger partial charge in [0.2, 0.25) is 0 Å². The minimum absolute atomic E-state index is 0.149. The van der Waals surface area contributed by atoms with Gasteiger partial charge in [0.1, 0.15) is 5.60 Å². The number of rotatable bonds is 4. The van der Waals surface area contributed by atoms with Crippen molar-refractivity contribution in [2.45, 2.75) is 43.9 Å². The fraction of sp³-hybridized carbons (Fsp3) is 0.562. The molecule has 2 aliphatic rings. The fourth-order valence-electron chi connectivity index (χ4n) is 3.32. The Kier molecular flexibility index (Phi) is 3.64. The molecule has 0 amide bonds. The molecular weight excluding hydrogens is 252 g/mol. The number of hydrogen-bond acceptors (Lipinski definition) is 4. The summed E-state index contributed by atoms with van der Waals surface area (Å²) >= 11 is 0. The van der Waals surface area contributed by atoms with Crippen LogP contribution in [-0.2, 0) is 9.47 Å². The molecule has 3 rings (SSSR count). The second kappa shape index (κ2) is 5.43. The molecule has 1 saturated carbocycles. The van der Waals surface area contributed by atoms with Gasteiger partial charge < -0.3 is 14.8 Å². The van der Waals surface area contributed by atoms with Crippen molar-refractivity contribution in [2.24, 2.45) is 0 Å². The Bertz CT molecular complexity index is 500. The lowest BCUT2D eigenvalue weighted by Gasteiger charge is -2.52. The Morgan fingerprint density at radius 2 is 2.25 bits per heavy atom. The smallest absolute Gasteiger partial charge is 0.114 e. The Labute approximate surface area is 119 Å². The van der Waals surface area contributed by atoms with E-state index in [1.165, 1.54) is 0 Å². The summed E-state index contributed by atoms with van der Waals surface area (Å²) in [7, 11) is 0. The maximum absolute atomic E-state index is 8.82. The van der Waals surface area contributed by atoms with E-state index >= 15 is 0 Å². The second-order valence-electron chi connectivity index (χ2n) is 5.47. The summed E-state index contributed by atoms with van der Waals surface area (Å²) in [5, 5.41) is 12.4. The lowest BCUT2D eigenvalue weighted by molar-refractivity contribution is -0.184. The van der Waals surface area contributed by atoms with Crippen LogP contribution in [0, 0.1) is 11.3 Å². The van der Waals surface area contributed by atoms with E-state index in [4.69, 9.17) is 14.7 Å². The Balaban J connectivity index is 1.69. The summed E-state index contributed by atoms with van der Waals surface area (Å²) in [4.78, 5) is 0. The topological polar surface area (TPSA) is 54.3 Å². The third-order valence-corrected chi connectivity index (χ3v) is 4.39. The summed E-state index contributed by atoms with van der Waals surface area (Å²) in [5.41, 5.74) is 1.58. The van der Waals surface area contributed by atoms with E-state index in [9.17, 15) is 0 Å². The monoisotopic (exact) mass is 272 g/mol. The molecule has 1 spiro atoms. The molecule has 20 heavy (non-hydrogen) atoms. The van der Waals surface area contributed by atoms with Gasteiger partial charge >= 0.3 is 0 Å². The Morgan fingerprint density at radius 1 is 1.45 bits per heavy atom. The standard InChI is InChI=1S/C16H20N2O2/c1-2-19-15-10-14(16(15)8-3-9-20-16)18-13-6-4-12(11-17)5-7-13/h4-7,14-15,18H,2-3,8-10H2,1H3/t14-,15-,16+/m1/s1. The van der Waals surface area contributed by atoms with Gasteiger partial charge in [0, 0.05) is 18.9 Å². The van der Waals surface area contributed by atoms with Crippen LogP contribution in [0.3, 0.4) is 0 Å². The molecule has 1 aromatic rings. The molecule has 0 aromatic heterocycles. The Hall–Kier alpha value is -1.57. The minimum Gasteiger partial charge on any atom is -0.379 e. The van der Waals surface area contributed by atoms with Crippen LogP contribution in [0.4, 0.5) is 5.69 Å². The van der Waals surface area contributed by atoms with Gasteiger partial charge in [-0.2, -0.15) is 5.26 Å². The first-order valence-corrected chi connectivity index (χ1v) is 7.31. The van der Waals surface area contributed by atoms with Crippen molar-refractivity contribution in [3.05, 3.63) is 29.8 Å². The first-order chi connectivity index (χ1) is 9.78. The molecule has 0 bridgehead atoms. The highest BCUT2D eigenvalue weighted by Gasteiger charge is 2.58. The maximum Gasteiger partial charge on any atom is 0.114 e. The summed E-state index contributed by atoms with van der Waals surface area (Å²) in [5.74, 6) is 0. The van der Waals surface area contributed by atoms with Crippen LogP contribution in [0.5, 0.6) is 0 Å². The van der Waals surface area contributed by atoms with E-state index in [0.717, 1.165) is 38.2 Å². The highest BCUT2D eigenvalue weighted by molar-refractivity contribution is 5.49. The molecule has 0 radical (unpaired) electrons. The van der Waals surface area contributed by atoms with Crippen LogP contribution in [0.2, 0.25) is 0 Å². The SMILES string of the molecule is CCO[C@@H]1C[C@@H](Nc2ccc(C#N)cc2)[C@@]12CCCO2. The van der Waals surface area contributed by atoms with E-state index in [2.05, 4.69) is 11.4 Å². The van der Waals surface area contributed by atoms with Gasteiger partial charge in [-0.25, -0.2) is 0 Å². The summed E-state index contributed by atoms with van der Waals surface area (Å²) in [6.45, 7) is 3.60. The summed E-state index contributed by atoms with van der Waals surface area (Å²) < 4.78 is 11.8. The van der Waals surface area contributed by atoms with Crippen LogP contribution in [0.15, 0.2) is 24.3 Å². The summed E-state index contributed by atoms with van der Waals surface area (Å²) in [6.07, 6.45) is 3.36. The quantitative estimate of drug-likeness (QED) is 0.915. The van der Waals surface area contributed by atoms with Gasteiger partial charge in [0.15, 0.2) is 0 Å². The molecule has 3 atom stereocenters. The van der Waals surface area contributed by atoms with Crippen molar-refractivity contribution in [3.8, 4) is 6.07 Å². The molecule has 4 heteroatoms. The maximum atomic E-state index is 8.82. The number of anilines is 1. The largest absolute Gasteiger partial charge is 0.379 e. The normalized spacial score (nSPS) is 31.8. The lowest BCUT2D eigenvalue weighted by atomic mass is 9.70. The second-order valence-corrected chi connectivity index (χ2v) is 5.47. The van der Waals surface area contributed by atoms with E-state index in [1.807, 2.05) is 31.2 Å². The van der Waals surface area contributed by atoms with Crippen molar-refractivity contribution in [2.75, 3.05) is 18.5 Å². The molecule has 1 aliphatic carbocycles. The average Bonchev–Trinajstić information content (AvgIpc) is 2.99. The predicted molar refractivity (Wildman–Crippen MR) is 76.5 cm³/mol. The van der Waals surface area contributed by atoms with Crippen LogP contribution in [0.25, 0.3) is 0 Å². The van der Waals surface area contributed by atoms with Crippen molar-refractivity contribution >= 4 is 5.69 Å². The fourth-order valence-corrected chi connectivity index (χ4v) is 3.32. The first-order valence-electron chi connectivity index (χ1n) is 7.31. The number of benzene rings is 1. The van der Waals surface area contributed by atoms with E-state index in [0.29, 0.717) is 11.6 Å². The third kappa shape index (κ3) is 2.17. The molecular formula is C16H20N2O2. The van der Waals surface area contributed by atoms with Crippen molar-refractivity contribution in [3.63, 3.8) is 0 Å². The average molecular weight is 272 g/mol. The van der Waals surface area contributed by atoms with E-state index < -0.39 is 0 Å². The number of hydrogen-bond donors (Lipinski definition) is 1. The molecule has 1 aromatic carbocycles. The number of nitrogens with zero attached hydrogens (tertiary/aromatic N) is 1. The van der Waals surface area contributed by atoms with Crippen LogP contribution in [-0.4, -0.2) is 31.0 Å². The van der Waals surface area contributed by atoms with Gasteiger partial charge in [0.25, 0.3) is 0 Å².